The molecule has 8 heteroatoms. The SMILES string of the molecule is CCn1cc(S(=O)(=O)Nc2cc(C)n(-c3ccc(C)cc3)n2)nc1C. The fourth-order valence-corrected chi connectivity index (χ4v) is 3.59. The molecule has 2 heterocycles. The summed E-state index contributed by atoms with van der Waals surface area (Å²) in [6, 6.07) is 9.56. The summed E-state index contributed by atoms with van der Waals surface area (Å²) in [5.74, 6) is 0.922. The van der Waals surface area contributed by atoms with Gasteiger partial charge in [0.1, 0.15) is 5.82 Å². The maximum atomic E-state index is 12.5. The van der Waals surface area contributed by atoms with Gasteiger partial charge in [-0.1, -0.05) is 17.7 Å². The minimum Gasteiger partial charge on any atom is -0.334 e. The van der Waals surface area contributed by atoms with Crippen LogP contribution < -0.4 is 4.72 Å². The molecule has 7 nitrogen and oxygen atoms in total. The average molecular weight is 359 g/mol. The number of hydrogen-bond donors (Lipinski definition) is 1. The standard InChI is InChI=1S/C17H21N5O2S/c1-5-21-11-17(18-14(21)4)25(23,24)20-16-10-13(3)22(19-16)15-8-6-12(2)7-9-15/h6-11H,5H2,1-4H3,(H,19,20). The van der Waals surface area contributed by atoms with Crippen LogP contribution in [0.5, 0.6) is 0 Å². The fraction of sp³-hybridized carbons (Fsp3) is 0.294. The van der Waals surface area contributed by atoms with Crippen molar-refractivity contribution in [1.29, 1.82) is 0 Å². The second-order valence-electron chi connectivity index (χ2n) is 5.94. The van der Waals surface area contributed by atoms with E-state index in [2.05, 4.69) is 14.8 Å². The van der Waals surface area contributed by atoms with E-state index >= 15 is 0 Å². The minimum absolute atomic E-state index is 0.00520. The van der Waals surface area contributed by atoms with Gasteiger partial charge in [0.15, 0.2) is 10.8 Å². The maximum absolute atomic E-state index is 12.5. The van der Waals surface area contributed by atoms with Crippen molar-refractivity contribution in [2.45, 2.75) is 39.3 Å². The van der Waals surface area contributed by atoms with E-state index in [1.807, 2.05) is 45.0 Å². The zero-order valence-corrected chi connectivity index (χ0v) is 15.5. The van der Waals surface area contributed by atoms with Crippen LogP contribution >= 0.6 is 0 Å². The summed E-state index contributed by atoms with van der Waals surface area (Å²) in [6.07, 6.45) is 1.53. The summed E-state index contributed by atoms with van der Waals surface area (Å²) in [6.45, 7) is 8.26. The molecule has 0 bridgehead atoms. The van der Waals surface area contributed by atoms with Gasteiger partial charge in [-0.05, 0) is 39.8 Å². The summed E-state index contributed by atoms with van der Waals surface area (Å²) in [5.41, 5.74) is 2.85. The number of imidazole rings is 1. The van der Waals surface area contributed by atoms with Gasteiger partial charge in [-0.2, -0.15) is 8.42 Å². The highest BCUT2D eigenvalue weighted by atomic mass is 32.2. The van der Waals surface area contributed by atoms with Gasteiger partial charge >= 0.3 is 0 Å². The third-order valence-electron chi connectivity index (χ3n) is 3.97. The first-order valence-electron chi connectivity index (χ1n) is 8.00. The van der Waals surface area contributed by atoms with Crippen LogP contribution in [0.4, 0.5) is 5.82 Å². The quantitative estimate of drug-likeness (QED) is 0.759. The van der Waals surface area contributed by atoms with E-state index in [9.17, 15) is 8.42 Å². The number of sulfonamides is 1. The summed E-state index contributed by atoms with van der Waals surface area (Å²) >= 11 is 0. The van der Waals surface area contributed by atoms with E-state index in [4.69, 9.17) is 0 Å². The second kappa shape index (κ2) is 6.36. The molecule has 0 atom stereocenters. The molecule has 1 N–H and O–H groups in total. The molecule has 0 amide bonds. The lowest BCUT2D eigenvalue weighted by atomic mass is 10.2. The highest BCUT2D eigenvalue weighted by Gasteiger charge is 2.21. The molecule has 0 radical (unpaired) electrons. The summed E-state index contributed by atoms with van der Waals surface area (Å²) < 4.78 is 31.1. The Hall–Kier alpha value is -2.61. The number of benzene rings is 1. The Morgan fingerprint density at radius 2 is 1.80 bits per heavy atom. The molecule has 3 rings (SSSR count). The van der Waals surface area contributed by atoms with Crippen molar-refractivity contribution in [2.24, 2.45) is 0 Å². The summed E-state index contributed by atoms with van der Waals surface area (Å²) in [4.78, 5) is 4.12. The van der Waals surface area contributed by atoms with Crippen molar-refractivity contribution in [3.05, 3.63) is 53.6 Å². The third-order valence-corrected chi connectivity index (χ3v) is 5.20. The predicted molar refractivity (Wildman–Crippen MR) is 96.5 cm³/mol. The second-order valence-corrected chi connectivity index (χ2v) is 7.57. The molecule has 0 unspecified atom stereocenters. The summed E-state index contributed by atoms with van der Waals surface area (Å²) in [7, 11) is -3.78. The van der Waals surface area contributed by atoms with E-state index in [0.29, 0.717) is 12.4 Å². The van der Waals surface area contributed by atoms with Crippen LogP contribution in [0.3, 0.4) is 0 Å². The molecule has 132 valence electrons. The first-order chi connectivity index (χ1) is 11.8. The van der Waals surface area contributed by atoms with Crippen molar-refractivity contribution in [3.8, 4) is 5.69 Å². The zero-order valence-electron chi connectivity index (χ0n) is 14.7. The number of nitrogens with one attached hydrogen (secondary N) is 1. The molecule has 25 heavy (non-hydrogen) atoms. The maximum Gasteiger partial charge on any atom is 0.282 e. The van der Waals surface area contributed by atoms with Gasteiger partial charge in [-0.3, -0.25) is 4.72 Å². The molecular weight excluding hydrogens is 338 g/mol. The molecule has 0 saturated heterocycles. The first-order valence-corrected chi connectivity index (χ1v) is 9.49. The summed E-state index contributed by atoms with van der Waals surface area (Å²) in [5, 5.41) is 4.36. The van der Waals surface area contributed by atoms with Gasteiger partial charge < -0.3 is 4.57 Å². The number of anilines is 1. The third kappa shape index (κ3) is 3.43. The van der Waals surface area contributed by atoms with E-state index in [-0.39, 0.29) is 10.8 Å². The van der Waals surface area contributed by atoms with Gasteiger partial charge in [0, 0.05) is 24.5 Å². The molecule has 0 fully saturated rings. The van der Waals surface area contributed by atoms with Crippen LogP contribution in [0.2, 0.25) is 0 Å². The van der Waals surface area contributed by atoms with E-state index in [1.54, 1.807) is 22.2 Å². The first kappa shape index (κ1) is 17.2. The van der Waals surface area contributed by atoms with Crippen LogP contribution in [0.1, 0.15) is 24.0 Å². The largest absolute Gasteiger partial charge is 0.334 e. The highest BCUT2D eigenvalue weighted by molar-refractivity contribution is 7.92. The van der Waals surface area contributed by atoms with Crippen LogP contribution in [0.15, 0.2) is 41.6 Å². The van der Waals surface area contributed by atoms with Gasteiger partial charge in [0.2, 0.25) is 0 Å². The Morgan fingerprint density at radius 1 is 1.12 bits per heavy atom. The highest BCUT2D eigenvalue weighted by Crippen LogP contribution is 2.19. The van der Waals surface area contributed by atoms with Gasteiger partial charge in [-0.25, -0.2) is 9.67 Å². The normalized spacial score (nSPS) is 11.7. The lowest BCUT2D eigenvalue weighted by molar-refractivity contribution is 0.597. The average Bonchev–Trinajstić information content (AvgIpc) is 3.11. The monoisotopic (exact) mass is 359 g/mol. The number of aryl methyl sites for hydroxylation is 4. The fourth-order valence-electron chi connectivity index (χ4n) is 2.59. The lowest BCUT2D eigenvalue weighted by Gasteiger charge is -2.04. The van der Waals surface area contributed by atoms with Crippen LogP contribution in [0, 0.1) is 20.8 Å². The Morgan fingerprint density at radius 3 is 2.40 bits per heavy atom. The molecule has 0 aliphatic heterocycles. The minimum atomic E-state index is -3.78. The van der Waals surface area contributed by atoms with E-state index in [1.165, 1.54) is 6.20 Å². The van der Waals surface area contributed by atoms with Gasteiger partial charge in [0.25, 0.3) is 10.0 Å². The molecule has 2 aromatic heterocycles. The molecule has 0 aliphatic carbocycles. The Kier molecular flexibility index (Phi) is 4.38. The Balaban J connectivity index is 1.90. The van der Waals surface area contributed by atoms with Crippen LogP contribution in [0.25, 0.3) is 5.69 Å². The molecule has 0 aliphatic rings. The van der Waals surface area contributed by atoms with Crippen LogP contribution in [-0.2, 0) is 16.6 Å². The van der Waals surface area contributed by atoms with E-state index < -0.39 is 10.0 Å². The van der Waals surface area contributed by atoms with Gasteiger partial charge in [-0.15, -0.1) is 5.10 Å². The van der Waals surface area contributed by atoms with Gasteiger partial charge in [0.05, 0.1) is 5.69 Å². The van der Waals surface area contributed by atoms with Crippen molar-refractivity contribution < 1.29 is 8.42 Å². The number of rotatable bonds is 5. The number of aromatic nitrogens is 4. The van der Waals surface area contributed by atoms with Crippen molar-refractivity contribution in [3.63, 3.8) is 0 Å². The predicted octanol–water partition coefficient (Wildman–Crippen LogP) is 2.81. The molecule has 0 spiro atoms. The zero-order chi connectivity index (χ0) is 18.2. The van der Waals surface area contributed by atoms with Crippen molar-refractivity contribution in [2.75, 3.05) is 4.72 Å². The molecular formula is C17H21N5O2S. The van der Waals surface area contributed by atoms with Crippen molar-refractivity contribution in [1.82, 2.24) is 19.3 Å². The smallest absolute Gasteiger partial charge is 0.282 e. The van der Waals surface area contributed by atoms with Crippen LogP contribution in [-0.4, -0.2) is 27.7 Å². The molecule has 0 saturated carbocycles. The lowest BCUT2D eigenvalue weighted by Crippen LogP contribution is -2.14. The number of hydrogen-bond acceptors (Lipinski definition) is 4. The van der Waals surface area contributed by atoms with E-state index in [0.717, 1.165) is 16.9 Å². The topological polar surface area (TPSA) is 81.8 Å². The molecule has 3 aromatic rings. The Labute approximate surface area is 147 Å². The van der Waals surface area contributed by atoms with Crippen molar-refractivity contribution >= 4 is 15.8 Å². The molecule has 1 aromatic carbocycles. The Bertz CT molecular complexity index is 1000. The number of nitrogens with zero attached hydrogens (tertiary/aromatic N) is 4.